The van der Waals surface area contributed by atoms with Crippen molar-refractivity contribution in [1.82, 2.24) is 0 Å². The van der Waals surface area contributed by atoms with Gasteiger partial charge >= 0.3 is 0 Å². The van der Waals surface area contributed by atoms with E-state index in [4.69, 9.17) is 24.4 Å². The van der Waals surface area contributed by atoms with Crippen LogP contribution in [0.4, 0.5) is 0 Å². The van der Waals surface area contributed by atoms with Crippen molar-refractivity contribution in [2.75, 3.05) is 39.6 Å². The van der Waals surface area contributed by atoms with Gasteiger partial charge in [0.05, 0.1) is 39.6 Å². The molecular formula is C10H20O5. The molecule has 15 heavy (non-hydrogen) atoms. The lowest BCUT2D eigenvalue weighted by molar-refractivity contribution is 0.102. The molecule has 2 N–H and O–H groups in total. The van der Waals surface area contributed by atoms with Crippen LogP contribution in [0.3, 0.4) is 0 Å². The molecule has 2 unspecified atom stereocenters. The average molecular weight is 220 g/mol. The largest absolute Gasteiger partial charge is 0.394 e. The van der Waals surface area contributed by atoms with E-state index in [2.05, 4.69) is 13.2 Å². The van der Waals surface area contributed by atoms with Crippen molar-refractivity contribution in [3.05, 3.63) is 13.2 Å². The summed E-state index contributed by atoms with van der Waals surface area (Å²) < 4.78 is 15.1. The third-order valence-electron chi connectivity index (χ3n) is 1.51. The molecule has 5 heteroatoms. The standard InChI is InChI=1S/C6H10O3.C2H6O2.C2H4/c1(5-3-8-5)7-2-6-4-9-6;3-1-2-4;1-2/h5-6H,1-4H2;3-4H,1-2H2;1-2H2. The lowest BCUT2D eigenvalue weighted by Gasteiger charge is -1.95. The average Bonchev–Trinajstić information content (AvgIpc) is 3.15. The molecular weight excluding hydrogens is 200 g/mol. The minimum Gasteiger partial charge on any atom is -0.394 e. The summed E-state index contributed by atoms with van der Waals surface area (Å²) in [6.45, 7) is 9.01. The van der Waals surface area contributed by atoms with Crippen molar-refractivity contribution in [3.63, 3.8) is 0 Å². The maximum Gasteiger partial charge on any atom is 0.104 e. The van der Waals surface area contributed by atoms with Crippen molar-refractivity contribution in [3.8, 4) is 0 Å². The van der Waals surface area contributed by atoms with E-state index in [1.807, 2.05) is 0 Å². The first-order chi connectivity index (χ1) is 7.36. The number of epoxide rings is 2. The number of hydrogen-bond donors (Lipinski definition) is 2. The fraction of sp³-hybridized carbons (Fsp3) is 0.800. The molecule has 2 rings (SSSR count). The maximum atomic E-state index is 7.62. The van der Waals surface area contributed by atoms with Crippen LogP contribution < -0.4 is 0 Å². The van der Waals surface area contributed by atoms with Gasteiger partial charge in [-0.15, -0.1) is 13.2 Å². The summed E-state index contributed by atoms with van der Waals surface area (Å²) in [4.78, 5) is 0. The van der Waals surface area contributed by atoms with Gasteiger partial charge in [0, 0.05) is 0 Å². The Morgan fingerprint density at radius 2 is 1.33 bits per heavy atom. The van der Waals surface area contributed by atoms with Crippen LogP contribution in [0.25, 0.3) is 0 Å². The van der Waals surface area contributed by atoms with Crippen LogP contribution >= 0.6 is 0 Å². The molecule has 0 amide bonds. The zero-order chi connectivity index (χ0) is 11.5. The molecule has 0 aromatic carbocycles. The fourth-order valence-corrected chi connectivity index (χ4v) is 0.659. The van der Waals surface area contributed by atoms with Gasteiger partial charge in [0.25, 0.3) is 0 Å². The summed E-state index contributed by atoms with van der Waals surface area (Å²) in [6.07, 6.45) is 0.785. The molecule has 0 aliphatic carbocycles. The highest BCUT2D eigenvalue weighted by molar-refractivity contribution is 4.71. The number of hydrogen-bond acceptors (Lipinski definition) is 5. The van der Waals surface area contributed by atoms with Crippen molar-refractivity contribution in [2.45, 2.75) is 12.2 Å². The van der Waals surface area contributed by atoms with Gasteiger partial charge in [-0.1, -0.05) is 0 Å². The third-order valence-corrected chi connectivity index (χ3v) is 1.51. The van der Waals surface area contributed by atoms with E-state index < -0.39 is 0 Å². The first kappa shape index (κ1) is 14.5. The molecule has 0 bridgehead atoms. The normalized spacial score (nSPS) is 25.5. The molecule has 2 heterocycles. The Balaban J connectivity index is 0.000000282. The molecule has 2 saturated heterocycles. The van der Waals surface area contributed by atoms with Crippen LogP contribution in [0, 0.1) is 0 Å². The zero-order valence-electron chi connectivity index (χ0n) is 8.93. The van der Waals surface area contributed by atoms with E-state index in [0.29, 0.717) is 12.2 Å². The van der Waals surface area contributed by atoms with Gasteiger partial charge in [-0.25, -0.2) is 0 Å². The topological polar surface area (TPSA) is 74.8 Å². The van der Waals surface area contributed by atoms with E-state index in [1.54, 1.807) is 0 Å². The Hall–Kier alpha value is -0.460. The summed E-state index contributed by atoms with van der Waals surface area (Å²) in [7, 11) is 0. The SMILES string of the molecule is C(OCC1CO1)C1CO1.C=C.OCCO. The summed E-state index contributed by atoms with van der Waals surface area (Å²) in [5, 5.41) is 15.2. The third kappa shape index (κ3) is 11.5. The lowest BCUT2D eigenvalue weighted by Crippen LogP contribution is -2.06. The van der Waals surface area contributed by atoms with Crippen molar-refractivity contribution in [2.24, 2.45) is 0 Å². The molecule has 0 spiro atoms. The van der Waals surface area contributed by atoms with E-state index in [1.165, 1.54) is 0 Å². The number of rotatable bonds is 5. The number of aliphatic hydroxyl groups is 2. The predicted octanol–water partition coefficient (Wildman–Crippen LogP) is -0.426. The molecule has 90 valence electrons. The Morgan fingerprint density at radius 1 is 1.00 bits per heavy atom. The molecule has 0 saturated carbocycles. The highest BCUT2D eigenvalue weighted by atomic mass is 16.6. The number of aliphatic hydroxyl groups excluding tert-OH is 2. The first-order valence-electron chi connectivity index (χ1n) is 4.89. The van der Waals surface area contributed by atoms with E-state index >= 15 is 0 Å². The predicted molar refractivity (Wildman–Crippen MR) is 55.7 cm³/mol. The van der Waals surface area contributed by atoms with Gasteiger partial charge in [-0.2, -0.15) is 0 Å². The lowest BCUT2D eigenvalue weighted by atomic mass is 10.5. The van der Waals surface area contributed by atoms with Gasteiger partial charge < -0.3 is 24.4 Å². The van der Waals surface area contributed by atoms with Crippen molar-refractivity contribution < 1.29 is 24.4 Å². The Kier molecular flexibility index (Phi) is 9.76. The van der Waals surface area contributed by atoms with Gasteiger partial charge in [-0.05, 0) is 0 Å². The van der Waals surface area contributed by atoms with Crippen LogP contribution in [0.1, 0.15) is 0 Å². The molecule has 2 aliphatic rings. The van der Waals surface area contributed by atoms with Crippen LogP contribution in [0.2, 0.25) is 0 Å². The second-order valence-corrected chi connectivity index (χ2v) is 2.90. The molecule has 0 aromatic heterocycles. The second kappa shape index (κ2) is 10.1. The van der Waals surface area contributed by atoms with Gasteiger partial charge in [0.1, 0.15) is 12.2 Å². The van der Waals surface area contributed by atoms with Crippen LogP contribution in [-0.2, 0) is 14.2 Å². The number of ether oxygens (including phenoxy) is 3. The first-order valence-corrected chi connectivity index (χ1v) is 4.89. The second-order valence-electron chi connectivity index (χ2n) is 2.90. The van der Waals surface area contributed by atoms with Gasteiger partial charge in [-0.3, -0.25) is 0 Å². The minimum atomic E-state index is -0.125. The highest BCUT2D eigenvalue weighted by Crippen LogP contribution is 2.12. The Labute approximate surface area is 90.3 Å². The fourth-order valence-electron chi connectivity index (χ4n) is 0.659. The maximum absolute atomic E-state index is 7.62. The Morgan fingerprint density at radius 3 is 1.53 bits per heavy atom. The van der Waals surface area contributed by atoms with Crippen LogP contribution in [-0.4, -0.2) is 62.1 Å². The van der Waals surface area contributed by atoms with Crippen molar-refractivity contribution in [1.29, 1.82) is 0 Å². The molecule has 5 nitrogen and oxygen atoms in total. The zero-order valence-corrected chi connectivity index (χ0v) is 8.93. The molecule has 2 fully saturated rings. The van der Waals surface area contributed by atoms with E-state index in [9.17, 15) is 0 Å². The smallest absolute Gasteiger partial charge is 0.104 e. The van der Waals surface area contributed by atoms with Gasteiger partial charge in [0.15, 0.2) is 0 Å². The van der Waals surface area contributed by atoms with E-state index in [0.717, 1.165) is 26.4 Å². The summed E-state index contributed by atoms with van der Waals surface area (Å²) in [5.41, 5.74) is 0. The van der Waals surface area contributed by atoms with E-state index in [-0.39, 0.29) is 13.2 Å². The monoisotopic (exact) mass is 220 g/mol. The Bertz CT molecular complexity index is 120. The molecule has 2 aliphatic heterocycles. The van der Waals surface area contributed by atoms with Gasteiger partial charge in [0.2, 0.25) is 0 Å². The van der Waals surface area contributed by atoms with Crippen LogP contribution in [0.15, 0.2) is 13.2 Å². The quantitative estimate of drug-likeness (QED) is 0.486. The van der Waals surface area contributed by atoms with Crippen LogP contribution in [0.5, 0.6) is 0 Å². The molecule has 0 aromatic rings. The minimum absolute atomic E-state index is 0.125. The van der Waals surface area contributed by atoms with Crippen molar-refractivity contribution >= 4 is 0 Å². The summed E-state index contributed by atoms with van der Waals surface area (Å²) in [6, 6.07) is 0. The highest BCUT2D eigenvalue weighted by Gasteiger charge is 2.26. The molecule has 2 atom stereocenters. The summed E-state index contributed by atoms with van der Waals surface area (Å²) in [5.74, 6) is 0. The summed E-state index contributed by atoms with van der Waals surface area (Å²) >= 11 is 0. The molecule has 0 radical (unpaired) electrons.